The van der Waals surface area contributed by atoms with Gasteiger partial charge in [0.1, 0.15) is 16.7 Å². The van der Waals surface area contributed by atoms with Gasteiger partial charge in [-0.3, -0.25) is 4.79 Å². The fourth-order valence-corrected chi connectivity index (χ4v) is 1.84. The van der Waals surface area contributed by atoms with E-state index >= 15 is 0 Å². The Morgan fingerprint density at radius 1 is 1.25 bits per heavy atom. The summed E-state index contributed by atoms with van der Waals surface area (Å²) in [7, 11) is 0. The Hall–Kier alpha value is -2.05. The van der Waals surface area contributed by atoms with E-state index in [2.05, 4.69) is 10.3 Å². The smallest absolute Gasteiger partial charge is 0.337 e. The number of aromatic nitrogens is 1. The number of nitrogens with one attached hydrogen (secondary N) is 2. The number of aromatic carboxylic acids is 1. The van der Waals surface area contributed by atoms with Crippen LogP contribution in [0.5, 0.6) is 0 Å². The Kier molecular flexibility index (Phi) is 3.96. The van der Waals surface area contributed by atoms with Gasteiger partial charge in [0, 0.05) is 0 Å². The van der Waals surface area contributed by atoms with Crippen molar-refractivity contribution >= 4 is 40.8 Å². The number of aromatic amines is 1. The zero-order valence-electron chi connectivity index (χ0n) is 9.71. The lowest BCUT2D eigenvalue weighted by Gasteiger charge is -2.07. The molecule has 0 radical (unpaired) electrons. The number of H-pyrrole nitrogens is 1. The lowest BCUT2D eigenvalue weighted by Crippen LogP contribution is -2.15. The first-order valence-electron chi connectivity index (χ1n) is 5.26. The minimum absolute atomic E-state index is 0.0283. The number of carboxylic acid groups (broad SMARTS) is 1. The summed E-state index contributed by atoms with van der Waals surface area (Å²) < 4.78 is 13.1. The van der Waals surface area contributed by atoms with Crippen LogP contribution in [0.25, 0.3) is 0 Å². The molecular formula is C12H7Cl2FN2O3. The third-order valence-electron chi connectivity index (χ3n) is 2.43. The van der Waals surface area contributed by atoms with Gasteiger partial charge < -0.3 is 15.4 Å². The van der Waals surface area contributed by atoms with Crippen molar-refractivity contribution in [3.05, 3.63) is 51.5 Å². The molecule has 0 fully saturated rings. The molecule has 1 heterocycles. The van der Waals surface area contributed by atoms with Gasteiger partial charge in [-0.25, -0.2) is 9.18 Å². The van der Waals surface area contributed by atoms with Crippen LogP contribution in [-0.4, -0.2) is 22.0 Å². The lowest BCUT2D eigenvalue weighted by molar-refractivity contribution is 0.0698. The standard InChI is InChI=1S/C12H7Cl2FN2O3/c13-7-4-9(16-10(7)14)11(18)17-8-3-5(15)1-2-6(8)12(19)20/h1-4,16H,(H,17,18)(H,19,20). The van der Waals surface area contributed by atoms with Crippen LogP contribution >= 0.6 is 23.2 Å². The molecule has 0 aliphatic carbocycles. The topological polar surface area (TPSA) is 82.2 Å². The zero-order valence-corrected chi connectivity index (χ0v) is 11.2. The molecule has 1 aromatic carbocycles. The Labute approximate surface area is 122 Å². The van der Waals surface area contributed by atoms with Crippen LogP contribution in [-0.2, 0) is 0 Å². The highest BCUT2D eigenvalue weighted by atomic mass is 35.5. The Bertz CT molecular complexity index is 681. The normalized spacial score (nSPS) is 10.3. The fourth-order valence-electron chi connectivity index (χ4n) is 1.52. The van der Waals surface area contributed by atoms with E-state index in [0.29, 0.717) is 0 Å². The molecule has 1 aromatic heterocycles. The number of rotatable bonds is 3. The monoisotopic (exact) mass is 316 g/mol. The molecule has 2 rings (SSSR count). The zero-order chi connectivity index (χ0) is 14.9. The second-order valence-corrected chi connectivity index (χ2v) is 4.58. The number of anilines is 1. The molecule has 8 heteroatoms. The average molecular weight is 317 g/mol. The number of carbonyl (C=O) groups is 2. The van der Waals surface area contributed by atoms with Crippen molar-refractivity contribution < 1.29 is 19.1 Å². The third-order valence-corrected chi connectivity index (χ3v) is 3.12. The first kappa shape index (κ1) is 14.4. The quantitative estimate of drug-likeness (QED) is 0.811. The van der Waals surface area contributed by atoms with E-state index in [9.17, 15) is 14.0 Å². The maximum atomic E-state index is 13.1. The first-order chi connectivity index (χ1) is 9.38. The summed E-state index contributed by atoms with van der Waals surface area (Å²) in [6.07, 6.45) is 0. The Morgan fingerprint density at radius 3 is 2.50 bits per heavy atom. The van der Waals surface area contributed by atoms with Crippen molar-refractivity contribution in [2.45, 2.75) is 0 Å². The van der Waals surface area contributed by atoms with E-state index < -0.39 is 17.7 Å². The van der Waals surface area contributed by atoms with Crippen LogP contribution < -0.4 is 5.32 Å². The molecule has 0 saturated heterocycles. The number of hydrogen-bond donors (Lipinski definition) is 3. The maximum Gasteiger partial charge on any atom is 0.337 e. The summed E-state index contributed by atoms with van der Waals surface area (Å²) in [5, 5.41) is 11.5. The molecule has 0 saturated carbocycles. The van der Waals surface area contributed by atoms with Crippen molar-refractivity contribution in [1.29, 1.82) is 0 Å². The van der Waals surface area contributed by atoms with Crippen molar-refractivity contribution in [2.24, 2.45) is 0 Å². The molecule has 0 aliphatic rings. The van der Waals surface area contributed by atoms with E-state index in [4.69, 9.17) is 28.3 Å². The van der Waals surface area contributed by atoms with Gasteiger partial charge in [-0.2, -0.15) is 0 Å². The van der Waals surface area contributed by atoms with Gasteiger partial charge in [0.2, 0.25) is 0 Å². The van der Waals surface area contributed by atoms with Gasteiger partial charge in [0.05, 0.1) is 16.3 Å². The number of amides is 1. The first-order valence-corrected chi connectivity index (χ1v) is 6.02. The average Bonchev–Trinajstić information content (AvgIpc) is 2.69. The van der Waals surface area contributed by atoms with Gasteiger partial charge in [-0.1, -0.05) is 23.2 Å². The summed E-state index contributed by atoms with van der Waals surface area (Å²) >= 11 is 11.3. The minimum Gasteiger partial charge on any atom is -0.478 e. The number of carboxylic acids is 1. The summed E-state index contributed by atoms with van der Waals surface area (Å²) in [6, 6.07) is 4.23. The third kappa shape index (κ3) is 2.92. The number of hydrogen-bond acceptors (Lipinski definition) is 2. The summed E-state index contributed by atoms with van der Waals surface area (Å²) in [4.78, 5) is 25.4. The van der Waals surface area contributed by atoms with Crippen molar-refractivity contribution in [3.63, 3.8) is 0 Å². The van der Waals surface area contributed by atoms with E-state index in [1.807, 2.05) is 0 Å². The molecular weight excluding hydrogens is 310 g/mol. The highest BCUT2D eigenvalue weighted by Crippen LogP contribution is 2.23. The predicted octanol–water partition coefficient (Wildman–Crippen LogP) is 3.41. The SMILES string of the molecule is O=C(Nc1cc(F)ccc1C(=O)O)c1cc(Cl)c(Cl)[nH]1. The summed E-state index contributed by atoms with van der Waals surface area (Å²) in [6.45, 7) is 0. The van der Waals surface area contributed by atoms with Crippen LogP contribution in [0.15, 0.2) is 24.3 Å². The molecule has 5 nitrogen and oxygen atoms in total. The van der Waals surface area contributed by atoms with Crippen molar-refractivity contribution in [2.75, 3.05) is 5.32 Å². The van der Waals surface area contributed by atoms with E-state index in [0.717, 1.165) is 18.2 Å². The Morgan fingerprint density at radius 2 is 1.95 bits per heavy atom. The van der Waals surface area contributed by atoms with Crippen LogP contribution in [0, 0.1) is 5.82 Å². The molecule has 104 valence electrons. The number of carbonyl (C=O) groups excluding carboxylic acids is 1. The number of halogens is 3. The predicted molar refractivity (Wildman–Crippen MR) is 72.1 cm³/mol. The van der Waals surface area contributed by atoms with Crippen LogP contribution in [0.4, 0.5) is 10.1 Å². The molecule has 0 atom stereocenters. The highest BCUT2D eigenvalue weighted by molar-refractivity contribution is 6.41. The molecule has 1 amide bonds. The van der Waals surface area contributed by atoms with Crippen molar-refractivity contribution in [1.82, 2.24) is 4.98 Å². The van der Waals surface area contributed by atoms with Crippen LogP contribution in [0.2, 0.25) is 10.2 Å². The fraction of sp³-hybridized carbons (Fsp3) is 0. The summed E-state index contributed by atoms with van der Waals surface area (Å²) in [5.74, 6) is -2.65. The largest absolute Gasteiger partial charge is 0.478 e. The van der Waals surface area contributed by atoms with Crippen LogP contribution in [0.1, 0.15) is 20.8 Å². The summed E-state index contributed by atoms with van der Waals surface area (Å²) in [5.41, 5.74) is -0.367. The van der Waals surface area contributed by atoms with Gasteiger partial charge >= 0.3 is 5.97 Å². The van der Waals surface area contributed by atoms with Gasteiger partial charge in [0.15, 0.2) is 0 Å². The van der Waals surface area contributed by atoms with E-state index in [-0.39, 0.29) is 27.1 Å². The molecule has 0 aliphatic heterocycles. The molecule has 20 heavy (non-hydrogen) atoms. The molecule has 0 unspecified atom stereocenters. The van der Waals surface area contributed by atoms with Crippen LogP contribution in [0.3, 0.4) is 0 Å². The molecule has 0 spiro atoms. The minimum atomic E-state index is -1.29. The van der Waals surface area contributed by atoms with Gasteiger partial charge in [-0.05, 0) is 24.3 Å². The highest BCUT2D eigenvalue weighted by Gasteiger charge is 2.16. The molecule has 0 bridgehead atoms. The second kappa shape index (κ2) is 5.52. The molecule has 3 N–H and O–H groups in total. The number of benzene rings is 1. The van der Waals surface area contributed by atoms with Gasteiger partial charge in [0.25, 0.3) is 5.91 Å². The van der Waals surface area contributed by atoms with E-state index in [1.54, 1.807) is 0 Å². The second-order valence-electron chi connectivity index (χ2n) is 3.79. The Balaban J connectivity index is 2.32. The lowest BCUT2D eigenvalue weighted by atomic mass is 10.1. The van der Waals surface area contributed by atoms with Gasteiger partial charge in [-0.15, -0.1) is 0 Å². The maximum absolute atomic E-state index is 13.1. The van der Waals surface area contributed by atoms with Crippen molar-refractivity contribution in [3.8, 4) is 0 Å². The van der Waals surface area contributed by atoms with E-state index in [1.165, 1.54) is 6.07 Å². The molecule has 2 aromatic rings.